The summed E-state index contributed by atoms with van der Waals surface area (Å²) < 4.78 is 5.80. The van der Waals surface area contributed by atoms with E-state index in [2.05, 4.69) is 33.1 Å². The molecule has 0 rings (SSSR count). The Balaban J connectivity index is 4.55. The van der Waals surface area contributed by atoms with Gasteiger partial charge in [0.25, 0.3) is 0 Å². The standard InChI is InChI=1S/C12H28N2O/c1-6-10(7-2)11(14-13)12(9(4)5)15-8-3/h9-12,14H,6-8,13H2,1-5H3. The van der Waals surface area contributed by atoms with Crippen LogP contribution in [0.15, 0.2) is 0 Å². The molecule has 0 aromatic carbocycles. The Morgan fingerprint density at radius 3 is 1.93 bits per heavy atom. The van der Waals surface area contributed by atoms with Crippen LogP contribution in [0.5, 0.6) is 0 Å². The lowest BCUT2D eigenvalue weighted by Crippen LogP contribution is -2.51. The van der Waals surface area contributed by atoms with E-state index in [1.54, 1.807) is 0 Å². The molecule has 0 spiro atoms. The molecule has 0 amide bonds. The molecule has 0 aromatic heterocycles. The van der Waals surface area contributed by atoms with E-state index in [4.69, 9.17) is 10.6 Å². The predicted octanol–water partition coefficient (Wildman–Crippen LogP) is 2.32. The molecule has 92 valence electrons. The highest BCUT2D eigenvalue weighted by Gasteiger charge is 2.29. The Kier molecular flexibility index (Phi) is 8.02. The van der Waals surface area contributed by atoms with Gasteiger partial charge in [0.15, 0.2) is 0 Å². The molecule has 2 atom stereocenters. The van der Waals surface area contributed by atoms with Crippen molar-refractivity contribution in [2.45, 2.75) is 59.6 Å². The molecule has 0 fully saturated rings. The Morgan fingerprint density at radius 1 is 1.13 bits per heavy atom. The molecule has 0 radical (unpaired) electrons. The van der Waals surface area contributed by atoms with Crippen molar-refractivity contribution in [1.29, 1.82) is 0 Å². The zero-order chi connectivity index (χ0) is 11.8. The van der Waals surface area contributed by atoms with Crippen LogP contribution in [0.2, 0.25) is 0 Å². The molecule has 0 heterocycles. The van der Waals surface area contributed by atoms with E-state index in [9.17, 15) is 0 Å². The molecular weight excluding hydrogens is 188 g/mol. The van der Waals surface area contributed by atoms with E-state index in [-0.39, 0.29) is 12.1 Å². The fraction of sp³-hybridized carbons (Fsp3) is 1.00. The normalized spacial score (nSPS) is 16.0. The SMILES string of the molecule is CCOC(C(C)C)C(NN)C(CC)CC. The summed E-state index contributed by atoms with van der Waals surface area (Å²) in [7, 11) is 0. The first-order valence-electron chi connectivity index (χ1n) is 6.19. The maximum atomic E-state index is 5.80. The summed E-state index contributed by atoms with van der Waals surface area (Å²) in [5.41, 5.74) is 2.95. The van der Waals surface area contributed by atoms with Crippen LogP contribution < -0.4 is 11.3 Å². The maximum absolute atomic E-state index is 5.80. The summed E-state index contributed by atoms with van der Waals surface area (Å²) >= 11 is 0. The summed E-state index contributed by atoms with van der Waals surface area (Å²) in [6.45, 7) is 11.6. The molecule has 15 heavy (non-hydrogen) atoms. The van der Waals surface area contributed by atoms with Crippen LogP contribution in [0.1, 0.15) is 47.5 Å². The molecule has 0 saturated heterocycles. The van der Waals surface area contributed by atoms with Crippen molar-refractivity contribution in [3.63, 3.8) is 0 Å². The average molecular weight is 216 g/mol. The van der Waals surface area contributed by atoms with Gasteiger partial charge in [-0.1, -0.05) is 40.5 Å². The highest BCUT2D eigenvalue weighted by Crippen LogP contribution is 2.22. The first-order chi connectivity index (χ1) is 7.12. The summed E-state index contributed by atoms with van der Waals surface area (Å²) in [6.07, 6.45) is 2.49. The van der Waals surface area contributed by atoms with E-state index < -0.39 is 0 Å². The van der Waals surface area contributed by atoms with Crippen LogP contribution in [0.3, 0.4) is 0 Å². The minimum absolute atomic E-state index is 0.213. The number of ether oxygens (including phenoxy) is 1. The molecule has 0 aliphatic carbocycles. The molecule has 0 aliphatic heterocycles. The van der Waals surface area contributed by atoms with Crippen LogP contribution in [-0.2, 0) is 4.74 Å². The van der Waals surface area contributed by atoms with Gasteiger partial charge in [0.05, 0.1) is 12.1 Å². The number of nitrogens with one attached hydrogen (secondary N) is 1. The van der Waals surface area contributed by atoms with E-state index in [1.807, 2.05) is 6.92 Å². The highest BCUT2D eigenvalue weighted by molar-refractivity contribution is 4.83. The minimum atomic E-state index is 0.213. The highest BCUT2D eigenvalue weighted by atomic mass is 16.5. The van der Waals surface area contributed by atoms with Gasteiger partial charge in [0.2, 0.25) is 0 Å². The summed E-state index contributed by atoms with van der Waals surface area (Å²) in [6, 6.07) is 0.264. The van der Waals surface area contributed by atoms with Crippen LogP contribution >= 0.6 is 0 Å². The van der Waals surface area contributed by atoms with Crippen molar-refractivity contribution in [2.24, 2.45) is 17.7 Å². The van der Waals surface area contributed by atoms with E-state index in [0.717, 1.165) is 19.4 Å². The fourth-order valence-electron chi connectivity index (χ4n) is 2.20. The van der Waals surface area contributed by atoms with Gasteiger partial charge in [0, 0.05) is 6.61 Å². The summed E-state index contributed by atoms with van der Waals surface area (Å²) in [5, 5.41) is 0. The van der Waals surface area contributed by atoms with Gasteiger partial charge in [-0.05, 0) is 18.8 Å². The van der Waals surface area contributed by atoms with Crippen LogP contribution in [0, 0.1) is 11.8 Å². The van der Waals surface area contributed by atoms with E-state index in [1.165, 1.54) is 0 Å². The Hall–Kier alpha value is -0.120. The second-order valence-corrected chi connectivity index (χ2v) is 4.43. The first-order valence-corrected chi connectivity index (χ1v) is 6.19. The second kappa shape index (κ2) is 8.08. The monoisotopic (exact) mass is 216 g/mol. The molecule has 0 saturated carbocycles. The number of hydrogen-bond donors (Lipinski definition) is 2. The third-order valence-electron chi connectivity index (χ3n) is 3.12. The van der Waals surface area contributed by atoms with Crippen molar-refractivity contribution in [1.82, 2.24) is 5.43 Å². The van der Waals surface area contributed by atoms with Gasteiger partial charge < -0.3 is 4.74 Å². The number of nitrogens with two attached hydrogens (primary N) is 1. The largest absolute Gasteiger partial charge is 0.377 e. The van der Waals surface area contributed by atoms with Crippen LogP contribution in [-0.4, -0.2) is 18.8 Å². The lowest BCUT2D eigenvalue weighted by Gasteiger charge is -2.34. The summed E-state index contributed by atoms with van der Waals surface area (Å²) in [5.74, 6) is 6.75. The zero-order valence-corrected chi connectivity index (χ0v) is 10.9. The molecule has 2 unspecified atom stereocenters. The van der Waals surface area contributed by atoms with Gasteiger partial charge in [-0.2, -0.15) is 0 Å². The number of hydrazine groups is 1. The molecular formula is C12H28N2O. The average Bonchev–Trinajstić information content (AvgIpc) is 2.23. The quantitative estimate of drug-likeness (QED) is 0.483. The number of hydrogen-bond acceptors (Lipinski definition) is 3. The van der Waals surface area contributed by atoms with Crippen LogP contribution in [0.25, 0.3) is 0 Å². The lowest BCUT2D eigenvalue weighted by molar-refractivity contribution is -0.0131. The van der Waals surface area contributed by atoms with Gasteiger partial charge in [-0.25, -0.2) is 0 Å². The smallest absolute Gasteiger partial charge is 0.0766 e. The molecule has 0 bridgehead atoms. The van der Waals surface area contributed by atoms with Crippen molar-refractivity contribution in [2.75, 3.05) is 6.61 Å². The van der Waals surface area contributed by atoms with Crippen molar-refractivity contribution in [3.8, 4) is 0 Å². The van der Waals surface area contributed by atoms with Crippen molar-refractivity contribution < 1.29 is 4.74 Å². The van der Waals surface area contributed by atoms with E-state index >= 15 is 0 Å². The fourth-order valence-corrected chi connectivity index (χ4v) is 2.20. The molecule has 3 N–H and O–H groups in total. The molecule has 0 aliphatic rings. The van der Waals surface area contributed by atoms with Gasteiger partial charge in [-0.3, -0.25) is 11.3 Å². The van der Waals surface area contributed by atoms with Gasteiger partial charge in [-0.15, -0.1) is 0 Å². The van der Waals surface area contributed by atoms with Crippen molar-refractivity contribution in [3.05, 3.63) is 0 Å². The van der Waals surface area contributed by atoms with Crippen molar-refractivity contribution >= 4 is 0 Å². The first kappa shape index (κ1) is 14.9. The van der Waals surface area contributed by atoms with Crippen LogP contribution in [0.4, 0.5) is 0 Å². The molecule has 0 aromatic rings. The topological polar surface area (TPSA) is 47.3 Å². The Labute approximate surface area is 94.7 Å². The second-order valence-electron chi connectivity index (χ2n) is 4.43. The Morgan fingerprint density at radius 2 is 1.67 bits per heavy atom. The third kappa shape index (κ3) is 4.49. The third-order valence-corrected chi connectivity index (χ3v) is 3.12. The lowest BCUT2D eigenvalue weighted by atomic mass is 9.86. The van der Waals surface area contributed by atoms with Gasteiger partial charge >= 0.3 is 0 Å². The number of rotatable bonds is 8. The summed E-state index contributed by atoms with van der Waals surface area (Å²) in [4.78, 5) is 0. The van der Waals surface area contributed by atoms with Gasteiger partial charge in [0.1, 0.15) is 0 Å². The molecule has 3 heteroatoms. The Bertz CT molecular complexity index is 147. The minimum Gasteiger partial charge on any atom is -0.377 e. The van der Waals surface area contributed by atoms with E-state index in [0.29, 0.717) is 11.8 Å². The maximum Gasteiger partial charge on any atom is 0.0766 e. The molecule has 3 nitrogen and oxygen atoms in total. The predicted molar refractivity (Wildman–Crippen MR) is 65.4 cm³/mol. The zero-order valence-electron chi connectivity index (χ0n) is 10.9.